The largest absolute Gasteiger partial charge is 0.316 e. The number of piperidine rings is 1. The van der Waals surface area contributed by atoms with E-state index < -0.39 is 16.0 Å². The van der Waals surface area contributed by atoms with Gasteiger partial charge in [-0.3, -0.25) is 24.6 Å². The molecule has 0 amide bonds. The highest BCUT2D eigenvalue weighted by molar-refractivity contribution is 5.80. The van der Waals surface area contributed by atoms with Crippen molar-refractivity contribution in [2.45, 2.75) is 19.4 Å². The number of hydrogen-bond acceptors (Lipinski definition) is 5. The van der Waals surface area contributed by atoms with Gasteiger partial charge in [0.2, 0.25) is 0 Å². The van der Waals surface area contributed by atoms with Crippen LogP contribution in [0.1, 0.15) is 24.0 Å². The highest BCUT2D eigenvalue weighted by Crippen LogP contribution is 2.25. The zero-order valence-corrected chi connectivity index (χ0v) is 15.7. The molecule has 8 nitrogen and oxygen atoms in total. The number of rotatable bonds is 4. The van der Waals surface area contributed by atoms with Crippen molar-refractivity contribution in [1.82, 2.24) is 14.9 Å². The maximum atomic E-state index is 11.8. The molecule has 0 saturated carbocycles. The second-order valence-corrected chi connectivity index (χ2v) is 7.18. The summed E-state index contributed by atoms with van der Waals surface area (Å²) >= 11 is 0. The molecule has 1 aliphatic heterocycles. The number of aromatic nitrogens is 2. The van der Waals surface area contributed by atoms with Crippen LogP contribution in [0.15, 0.2) is 57.6 Å². The van der Waals surface area contributed by atoms with Gasteiger partial charge in [-0.25, -0.2) is 0 Å². The fourth-order valence-electron chi connectivity index (χ4n) is 3.68. The minimum Gasteiger partial charge on any atom is -0.316 e. The first kappa shape index (κ1) is 18.8. The van der Waals surface area contributed by atoms with Crippen LogP contribution < -0.4 is 11.1 Å². The summed E-state index contributed by atoms with van der Waals surface area (Å²) in [7, 11) is 0. The third-order valence-corrected chi connectivity index (χ3v) is 5.17. The Hall–Kier alpha value is -3.52. The summed E-state index contributed by atoms with van der Waals surface area (Å²) in [5.41, 5.74) is 2.18. The molecule has 1 aliphatic rings. The van der Waals surface area contributed by atoms with E-state index in [0.717, 1.165) is 25.9 Å². The lowest BCUT2D eigenvalue weighted by Crippen LogP contribution is -2.32. The van der Waals surface area contributed by atoms with Crippen molar-refractivity contribution in [2.75, 3.05) is 13.1 Å². The molecule has 1 fully saturated rings. The van der Waals surface area contributed by atoms with Crippen LogP contribution in [0, 0.1) is 10.1 Å². The lowest BCUT2D eigenvalue weighted by atomic mass is 10.00. The zero-order valence-electron chi connectivity index (χ0n) is 15.7. The predicted molar refractivity (Wildman–Crippen MR) is 111 cm³/mol. The second kappa shape index (κ2) is 7.84. The number of fused-ring (bicyclic) bond motifs is 1. The Labute approximate surface area is 165 Å². The number of benzene rings is 2. The quantitative estimate of drug-likeness (QED) is 0.403. The van der Waals surface area contributed by atoms with Crippen molar-refractivity contribution in [3.63, 3.8) is 0 Å². The molecule has 0 radical (unpaired) electrons. The summed E-state index contributed by atoms with van der Waals surface area (Å²) < 4.78 is 0. The van der Waals surface area contributed by atoms with Gasteiger partial charge in [0.25, 0.3) is 5.69 Å². The van der Waals surface area contributed by atoms with Crippen molar-refractivity contribution in [3.05, 3.63) is 90.0 Å². The van der Waals surface area contributed by atoms with Gasteiger partial charge in [0.05, 0.1) is 16.0 Å². The molecule has 2 heterocycles. The molecule has 8 heteroatoms. The number of aromatic amines is 2. The third-order valence-electron chi connectivity index (χ3n) is 5.17. The second-order valence-electron chi connectivity index (χ2n) is 7.18. The van der Waals surface area contributed by atoms with E-state index in [0.29, 0.717) is 17.6 Å². The maximum absolute atomic E-state index is 11.8. The first-order valence-electron chi connectivity index (χ1n) is 9.40. The Balaban J connectivity index is 1.57. The van der Waals surface area contributed by atoms with Gasteiger partial charge >= 0.3 is 11.1 Å². The van der Waals surface area contributed by atoms with Gasteiger partial charge in [-0.05, 0) is 24.0 Å². The number of nitrogens with one attached hydrogen (secondary N) is 2. The normalized spacial score (nSPS) is 14.8. The zero-order chi connectivity index (χ0) is 20.4. The lowest BCUT2D eigenvalue weighted by molar-refractivity contribution is -0.384. The van der Waals surface area contributed by atoms with Gasteiger partial charge in [0.15, 0.2) is 0 Å². The van der Waals surface area contributed by atoms with Crippen molar-refractivity contribution in [3.8, 4) is 0 Å². The van der Waals surface area contributed by atoms with Crippen molar-refractivity contribution < 1.29 is 4.92 Å². The Bertz CT molecular complexity index is 1200. The Morgan fingerprint density at radius 1 is 1.03 bits per heavy atom. The topological polar surface area (TPSA) is 112 Å². The van der Waals surface area contributed by atoms with E-state index in [2.05, 4.69) is 33.1 Å². The van der Waals surface area contributed by atoms with Gasteiger partial charge < -0.3 is 9.97 Å². The van der Waals surface area contributed by atoms with Crippen molar-refractivity contribution in [2.24, 2.45) is 0 Å². The van der Waals surface area contributed by atoms with Crippen molar-refractivity contribution in [1.29, 1.82) is 0 Å². The molecule has 0 atom stereocenters. The van der Waals surface area contributed by atoms with Crippen molar-refractivity contribution >= 4 is 22.8 Å². The molecule has 3 aromatic rings. The minimum atomic E-state index is -0.822. The van der Waals surface area contributed by atoms with Crippen LogP contribution in [0.3, 0.4) is 0 Å². The Morgan fingerprint density at radius 3 is 2.41 bits per heavy atom. The number of non-ortho nitro benzene ring substituents is 1. The summed E-state index contributed by atoms with van der Waals surface area (Å²) in [6, 6.07) is 12.9. The fraction of sp³-hybridized carbons (Fsp3) is 0.238. The van der Waals surface area contributed by atoms with Crippen LogP contribution >= 0.6 is 0 Å². The van der Waals surface area contributed by atoms with Gasteiger partial charge in [0.1, 0.15) is 0 Å². The van der Waals surface area contributed by atoms with Gasteiger partial charge in [-0.15, -0.1) is 0 Å². The van der Waals surface area contributed by atoms with E-state index in [4.69, 9.17) is 0 Å². The Kier molecular flexibility index (Phi) is 5.09. The SMILES string of the molecule is O=c1[nH]c2cc([N+](=O)[O-])cc(CN3CCC(=Cc4ccccc4)CC3)c2[nH]c1=O. The predicted octanol–water partition coefficient (Wildman–Crippen LogP) is 2.80. The molecule has 29 heavy (non-hydrogen) atoms. The molecule has 0 spiro atoms. The molecular weight excluding hydrogens is 372 g/mol. The van der Waals surface area contributed by atoms with Gasteiger partial charge in [-0.2, -0.15) is 0 Å². The van der Waals surface area contributed by atoms with Crippen LogP contribution in [-0.4, -0.2) is 32.9 Å². The summed E-state index contributed by atoms with van der Waals surface area (Å²) in [6.45, 7) is 2.09. The van der Waals surface area contributed by atoms with E-state index in [1.165, 1.54) is 23.3 Å². The van der Waals surface area contributed by atoms with E-state index >= 15 is 0 Å². The van der Waals surface area contributed by atoms with E-state index in [1.807, 2.05) is 18.2 Å². The van der Waals surface area contributed by atoms with Crippen LogP contribution in [0.5, 0.6) is 0 Å². The first-order valence-corrected chi connectivity index (χ1v) is 9.40. The molecule has 0 aliphatic carbocycles. The number of nitro groups is 1. The first-order chi connectivity index (χ1) is 14.0. The highest BCUT2D eigenvalue weighted by Gasteiger charge is 2.19. The average Bonchev–Trinajstić information content (AvgIpc) is 2.71. The van der Waals surface area contributed by atoms with Crippen LogP contribution in [0.25, 0.3) is 17.1 Å². The molecule has 2 aromatic carbocycles. The molecule has 2 N–H and O–H groups in total. The molecule has 1 saturated heterocycles. The number of H-pyrrole nitrogens is 2. The molecule has 148 valence electrons. The monoisotopic (exact) mass is 392 g/mol. The molecule has 0 bridgehead atoms. The summed E-state index contributed by atoms with van der Waals surface area (Å²) in [6.07, 6.45) is 4.03. The number of nitro benzene ring substituents is 1. The van der Waals surface area contributed by atoms with E-state index in [-0.39, 0.29) is 11.2 Å². The summed E-state index contributed by atoms with van der Waals surface area (Å²) in [4.78, 5) is 41.4. The average molecular weight is 392 g/mol. The standard InChI is InChI=1S/C21H20N4O4/c26-20-21(27)23-19-16(11-17(25(28)29)12-18(19)22-20)13-24-8-6-15(7-9-24)10-14-4-2-1-3-5-14/h1-5,10-12H,6-9,13H2,(H,22,26)(H,23,27). The van der Waals surface area contributed by atoms with Crippen LogP contribution in [0.2, 0.25) is 0 Å². The van der Waals surface area contributed by atoms with E-state index in [1.54, 1.807) is 0 Å². The van der Waals surface area contributed by atoms with E-state index in [9.17, 15) is 19.7 Å². The maximum Gasteiger partial charge on any atom is 0.314 e. The number of hydrogen-bond donors (Lipinski definition) is 2. The number of likely N-dealkylation sites (tertiary alicyclic amines) is 1. The molecule has 4 rings (SSSR count). The fourth-order valence-corrected chi connectivity index (χ4v) is 3.68. The summed E-state index contributed by atoms with van der Waals surface area (Å²) in [5.74, 6) is 0. The molecular formula is C21H20N4O4. The molecule has 0 unspecified atom stereocenters. The summed E-state index contributed by atoms with van der Waals surface area (Å²) in [5, 5.41) is 11.3. The van der Waals surface area contributed by atoms with Crippen LogP contribution in [-0.2, 0) is 6.54 Å². The molecule has 1 aromatic heterocycles. The lowest BCUT2D eigenvalue weighted by Gasteiger charge is -2.28. The van der Waals surface area contributed by atoms with Gasteiger partial charge in [0, 0.05) is 31.8 Å². The van der Waals surface area contributed by atoms with Gasteiger partial charge in [-0.1, -0.05) is 42.0 Å². The smallest absolute Gasteiger partial charge is 0.314 e. The highest BCUT2D eigenvalue weighted by atomic mass is 16.6. The minimum absolute atomic E-state index is 0.114. The number of nitrogens with zero attached hydrogens (tertiary/aromatic N) is 2. The Morgan fingerprint density at radius 2 is 1.72 bits per heavy atom. The third kappa shape index (κ3) is 4.17. The van der Waals surface area contributed by atoms with Crippen LogP contribution in [0.4, 0.5) is 5.69 Å².